The summed E-state index contributed by atoms with van der Waals surface area (Å²) in [5.74, 6) is -0.524. The van der Waals surface area contributed by atoms with E-state index in [0.717, 1.165) is 5.56 Å². The van der Waals surface area contributed by atoms with E-state index >= 15 is 0 Å². The maximum atomic E-state index is 12.7. The Balaban J connectivity index is 1.73. The number of ether oxygens (including phenoxy) is 1. The number of carbonyl (C=O) groups is 2. The zero-order chi connectivity index (χ0) is 16.7. The van der Waals surface area contributed by atoms with Crippen molar-refractivity contribution in [3.63, 3.8) is 0 Å². The first kappa shape index (κ1) is 16.5. The van der Waals surface area contributed by atoms with Crippen LogP contribution in [0.4, 0.5) is 4.39 Å². The van der Waals surface area contributed by atoms with Crippen LogP contribution in [0.1, 0.15) is 22.3 Å². The van der Waals surface area contributed by atoms with Crippen LogP contribution in [0.15, 0.2) is 48.5 Å². The van der Waals surface area contributed by atoms with Gasteiger partial charge in [-0.05, 0) is 42.0 Å². The van der Waals surface area contributed by atoms with Crippen molar-refractivity contribution in [2.75, 3.05) is 6.61 Å². The Morgan fingerprint density at radius 1 is 1.13 bits per heavy atom. The summed E-state index contributed by atoms with van der Waals surface area (Å²) in [6.45, 7) is 0.495. The van der Waals surface area contributed by atoms with E-state index in [9.17, 15) is 14.0 Å². The molecule has 6 heteroatoms. The van der Waals surface area contributed by atoms with Crippen LogP contribution in [0, 0.1) is 5.82 Å². The summed E-state index contributed by atoms with van der Waals surface area (Å²) in [5.41, 5.74) is 6.39. The van der Waals surface area contributed by atoms with Gasteiger partial charge in [0.1, 0.15) is 11.6 Å². The minimum absolute atomic E-state index is 0.173. The van der Waals surface area contributed by atoms with Crippen LogP contribution in [0.25, 0.3) is 0 Å². The number of rotatable bonds is 7. The van der Waals surface area contributed by atoms with Gasteiger partial charge >= 0.3 is 0 Å². The maximum Gasteiger partial charge on any atom is 0.248 e. The molecule has 2 amide bonds. The summed E-state index contributed by atoms with van der Waals surface area (Å²) in [4.78, 5) is 22.8. The number of hydrogen-bond acceptors (Lipinski definition) is 3. The highest BCUT2D eigenvalue weighted by Crippen LogP contribution is 2.11. The highest BCUT2D eigenvalue weighted by atomic mass is 19.1. The van der Waals surface area contributed by atoms with Gasteiger partial charge < -0.3 is 15.8 Å². The second-order valence-electron chi connectivity index (χ2n) is 4.89. The average Bonchev–Trinajstić information content (AvgIpc) is 2.55. The molecule has 0 atom stereocenters. The molecule has 0 saturated carbocycles. The smallest absolute Gasteiger partial charge is 0.248 e. The van der Waals surface area contributed by atoms with Gasteiger partial charge in [0.15, 0.2) is 0 Å². The largest absolute Gasteiger partial charge is 0.493 e. The Kier molecular flexibility index (Phi) is 5.68. The third kappa shape index (κ3) is 5.43. The van der Waals surface area contributed by atoms with E-state index in [4.69, 9.17) is 10.5 Å². The third-order valence-corrected chi connectivity index (χ3v) is 3.11. The molecule has 2 aromatic rings. The summed E-state index contributed by atoms with van der Waals surface area (Å²) < 4.78 is 18.1. The Morgan fingerprint density at radius 2 is 1.87 bits per heavy atom. The van der Waals surface area contributed by atoms with Crippen molar-refractivity contribution in [1.29, 1.82) is 0 Å². The fraction of sp³-hybridized carbons (Fsp3) is 0.176. The molecule has 2 rings (SSSR count). The van der Waals surface area contributed by atoms with Crippen LogP contribution in [0.2, 0.25) is 0 Å². The van der Waals surface area contributed by atoms with Gasteiger partial charge in [-0.1, -0.05) is 12.1 Å². The molecular weight excluding hydrogens is 299 g/mol. The van der Waals surface area contributed by atoms with Gasteiger partial charge in [-0.15, -0.1) is 0 Å². The SMILES string of the molecule is NC(=O)c1cccc(CNC(=O)CCOc2ccc(F)cc2)c1. The lowest BCUT2D eigenvalue weighted by molar-refractivity contribution is -0.121. The molecule has 0 aliphatic carbocycles. The normalized spacial score (nSPS) is 10.1. The van der Waals surface area contributed by atoms with E-state index in [0.29, 0.717) is 17.9 Å². The number of amides is 2. The van der Waals surface area contributed by atoms with E-state index < -0.39 is 5.91 Å². The molecule has 0 aliphatic rings. The molecule has 0 fully saturated rings. The first-order valence-corrected chi connectivity index (χ1v) is 7.08. The lowest BCUT2D eigenvalue weighted by Gasteiger charge is -2.08. The highest BCUT2D eigenvalue weighted by Gasteiger charge is 2.05. The fourth-order valence-electron chi connectivity index (χ4n) is 1.92. The van der Waals surface area contributed by atoms with Gasteiger partial charge in [-0.2, -0.15) is 0 Å². The monoisotopic (exact) mass is 316 g/mol. The van der Waals surface area contributed by atoms with Gasteiger partial charge in [0.25, 0.3) is 0 Å². The van der Waals surface area contributed by atoms with Crippen LogP contribution >= 0.6 is 0 Å². The minimum atomic E-state index is -0.508. The maximum absolute atomic E-state index is 12.7. The molecule has 0 radical (unpaired) electrons. The van der Waals surface area contributed by atoms with Crippen LogP contribution < -0.4 is 15.8 Å². The molecule has 3 N–H and O–H groups in total. The van der Waals surface area contributed by atoms with Crippen molar-refractivity contribution in [1.82, 2.24) is 5.32 Å². The van der Waals surface area contributed by atoms with Crippen molar-refractivity contribution >= 4 is 11.8 Å². The minimum Gasteiger partial charge on any atom is -0.493 e. The zero-order valence-corrected chi connectivity index (χ0v) is 12.4. The summed E-state index contributed by atoms with van der Waals surface area (Å²) in [5, 5.41) is 2.73. The molecule has 0 aromatic heterocycles. The second kappa shape index (κ2) is 7.93. The van der Waals surface area contributed by atoms with Crippen molar-refractivity contribution in [2.24, 2.45) is 5.73 Å². The van der Waals surface area contributed by atoms with Gasteiger partial charge in [-0.25, -0.2) is 4.39 Å². The van der Waals surface area contributed by atoms with E-state index in [2.05, 4.69) is 5.32 Å². The lowest BCUT2D eigenvalue weighted by atomic mass is 10.1. The van der Waals surface area contributed by atoms with E-state index in [1.807, 2.05) is 0 Å². The molecule has 0 spiro atoms. The van der Waals surface area contributed by atoms with Crippen molar-refractivity contribution in [2.45, 2.75) is 13.0 Å². The third-order valence-electron chi connectivity index (χ3n) is 3.11. The number of carbonyl (C=O) groups excluding carboxylic acids is 2. The quantitative estimate of drug-likeness (QED) is 0.820. The summed E-state index contributed by atoms with van der Waals surface area (Å²) in [6.07, 6.45) is 0.173. The number of hydrogen-bond donors (Lipinski definition) is 2. The van der Waals surface area contributed by atoms with Crippen LogP contribution in [-0.4, -0.2) is 18.4 Å². The summed E-state index contributed by atoms with van der Waals surface area (Å²) in [7, 11) is 0. The summed E-state index contributed by atoms with van der Waals surface area (Å²) in [6, 6.07) is 12.3. The molecule has 23 heavy (non-hydrogen) atoms. The molecule has 5 nitrogen and oxygen atoms in total. The predicted molar refractivity (Wildman–Crippen MR) is 83.3 cm³/mol. The Morgan fingerprint density at radius 3 is 2.57 bits per heavy atom. The Bertz CT molecular complexity index is 686. The molecular formula is C17H17FN2O3. The van der Waals surface area contributed by atoms with E-state index in [1.54, 1.807) is 24.3 Å². The second-order valence-corrected chi connectivity index (χ2v) is 4.89. The number of nitrogens with two attached hydrogens (primary N) is 1. The van der Waals surface area contributed by atoms with Crippen LogP contribution in [-0.2, 0) is 11.3 Å². The van der Waals surface area contributed by atoms with Crippen LogP contribution in [0.5, 0.6) is 5.75 Å². The fourth-order valence-corrected chi connectivity index (χ4v) is 1.92. The van der Waals surface area contributed by atoms with Gasteiger partial charge in [0.2, 0.25) is 11.8 Å². The molecule has 0 aliphatic heterocycles. The number of benzene rings is 2. The topological polar surface area (TPSA) is 81.4 Å². The molecule has 0 saturated heterocycles. The standard InChI is InChI=1S/C17H17FN2O3/c18-14-4-6-15(7-5-14)23-9-8-16(21)20-11-12-2-1-3-13(10-12)17(19)22/h1-7,10H,8-9,11H2,(H2,19,22)(H,20,21). The molecule has 0 heterocycles. The van der Waals surface area contributed by atoms with Gasteiger partial charge in [0.05, 0.1) is 13.0 Å². The van der Waals surface area contributed by atoms with Crippen molar-refractivity contribution in [3.05, 3.63) is 65.5 Å². The highest BCUT2D eigenvalue weighted by molar-refractivity contribution is 5.92. The van der Waals surface area contributed by atoms with E-state index in [-0.39, 0.29) is 24.8 Å². The van der Waals surface area contributed by atoms with Gasteiger partial charge in [-0.3, -0.25) is 9.59 Å². The average molecular weight is 316 g/mol. The molecule has 2 aromatic carbocycles. The molecule has 0 unspecified atom stereocenters. The predicted octanol–water partition coefficient (Wildman–Crippen LogP) is 2.01. The molecule has 0 bridgehead atoms. The van der Waals surface area contributed by atoms with Gasteiger partial charge in [0, 0.05) is 12.1 Å². The first-order valence-electron chi connectivity index (χ1n) is 7.08. The zero-order valence-electron chi connectivity index (χ0n) is 12.4. The number of primary amides is 1. The molecule has 120 valence electrons. The number of nitrogens with one attached hydrogen (secondary N) is 1. The Labute approximate surface area is 133 Å². The number of halogens is 1. The first-order chi connectivity index (χ1) is 11.0. The lowest BCUT2D eigenvalue weighted by Crippen LogP contribution is -2.24. The van der Waals surface area contributed by atoms with Crippen LogP contribution in [0.3, 0.4) is 0 Å². The Hall–Kier alpha value is -2.89. The van der Waals surface area contributed by atoms with E-state index in [1.165, 1.54) is 24.3 Å². The summed E-state index contributed by atoms with van der Waals surface area (Å²) >= 11 is 0. The van der Waals surface area contributed by atoms with Crippen molar-refractivity contribution in [3.8, 4) is 5.75 Å². The van der Waals surface area contributed by atoms with Crippen molar-refractivity contribution < 1.29 is 18.7 Å².